The van der Waals surface area contributed by atoms with Crippen LogP contribution in [0.4, 0.5) is 0 Å². The third kappa shape index (κ3) is 5.55. The summed E-state index contributed by atoms with van der Waals surface area (Å²) in [6.45, 7) is 3.72. The fourth-order valence-corrected chi connectivity index (χ4v) is 3.46. The second-order valence-corrected chi connectivity index (χ2v) is 7.30. The number of carbonyl (C=O) groups excluding carboxylic acids is 2. The van der Waals surface area contributed by atoms with E-state index in [-0.39, 0.29) is 30.9 Å². The highest BCUT2D eigenvalue weighted by Crippen LogP contribution is 2.25. The molecule has 1 aliphatic rings. The normalized spacial score (nSPS) is 15.3. The van der Waals surface area contributed by atoms with Crippen LogP contribution in [-0.2, 0) is 16.1 Å². The van der Waals surface area contributed by atoms with Crippen LogP contribution in [0.2, 0.25) is 0 Å². The third-order valence-electron chi connectivity index (χ3n) is 5.57. The molecule has 1 aromatic heterocycles. The highest BCUT2D eigenvalue weighted by Gasteiger charge is 2.35. The minimum absolute atomic E-state index is 0.0571. The molecule has 1 aliphatic carbocycles. The minimum Gasteiger partial charge on any atom is -0.481 e. The maximum Gasteiger partial charge on any atom is 0.311 e. The molecular formula is C19H30N4O4. The van der Waals surface area contributed by atoms with E-state index in [1.165, 1.54) is 23.5 Å². The van der Waals surface area contributed by atoms with Crippen molar-refractivity contribution >= 4 is 17.8 Å². The molecule has 150 valence electrons. The number of rotatable bonds is 9. The smallest absolute Gasteiger partial charge is 0.311 e. The molecule has 8 nitrogen and oxygen atoms in total. The van der Waals surface area contributed by atoms with Gasteiger partial charge < -0.3 is 15.7 Å². The molecule has 8 heteroatoms. The van der Waals surface area contributed by atoms with Crippen molar-refractivity contribution in [2.24, 2.45) is 5.41 Å². The van der Waals surface area contributed by atoms with Gasteiger partial charge in [0.2, 0.25) is 5.91 Å². The predicted octanol–water partition coefficient (Wildman–Crippen LogP) is 1.95. The number of aliphatic carboxylic acids is 1. The predicted molar refractivity (Wildman–Crippen MR) is 100 cm³/mol. The summed E-state index contributed by atoms with van der Waals surface area (Å²) in [5.41, 5.74) is -0.655. The molecule has 0 aromatic carbocycles. The average molecular weight is 378 g/mol. The van der Waals surface area contributed by atoms with Gasteiger partial charge in [0.25, 0.3) is 5.91 Å². The van der Waals surface area contributed by atoms with Gasteiger partial charge in [0.15, 0.2) is 0 Å². The Bertz CT molecular complexity index is 660. The van der Waals surface area contributed by atoms with Gasteiger partial charge in [0.05, 0.1) is 17.2 Å². The zero-order valence-electron chi connectivity index (χ0n) is 16.2. The monoisotopic (exact) mass is 378 g/mol. The van der Waals surface area contributed by atoms with Crippen molar-refractivity contribution in [3.63, 3.8) is 0 Å². The van der Waals surface area contributed by atoms with Gasteiger partial charge in [-0.2, -0.15) is 5.10 Å². The Morgan fingerprint density at radius 2 is 1.89 bits per heavy atom. The maximum atomic E-state index is 12.3. The summed E-state index contributed by atoms with van der Waals surface area (Å²) < 4.78 is 1.43. The van der Waals surface area contributed by atoms with Crippen molar-refractivity contribution in [2.75, 3.05) is 6.54 Å². The van der Waals surface area contributed by atoms with E-state index in [2.05, 4.69) is 15.7 Å². The van der Waals surface area contributed by atoms with Gasteiger partial charge in [-0.1, -0.05) is 33.1 Å². The van der Waals surface area contributed by atoms with Crippen LogP contribution in [0.1, 0.15) is 69.2 Å². The van der Waals surface area contributed by atoms with E-state index in [1.54, 1.807) is 13.8 Å². The van der Waals surface area contributed by atoms with Crippen LogP contribution in [0.3, 0.4) is 0 Å². The number of nitrogens with one attached hydrogen (secondary N) is 2. The molecule has 1 fully saturated rings. The number of nitrogens with zero attached hydrogens (tertiary/aromatic N) is 2. The van der Waals surface area contributed by atoms with E-state index >= 15 is 0 Å². The van der Waals surface area contributed by atoms with Crippen LogP contribution >= 0.6 is 0 Å². The van der Waals surface area contributed by atoms with Crippen molar-refractivity contribution in [3.8, 4) is 0 Å². The zero-order chi connectivity index (χ0) is 19.9. The first-order valence-corrected chi connectivity index (χ1v) is 9.73. The lowest BCUT2D eigenvalue weighted by molar-refractivity contribution is -0.149. The van der Waals surface area contributed by atoms with Crippen LogP contribution in [0.5, 0.6) is 0 Å². The Morgan fingerprint density at radius 1 is 1.22 bits per heavy atom. The number of carboxylic acid groups (broad SMARTS) is 1. The number of amides is 2. The summed E-state index contributed by atoms with van der Waals surface area (Å²) in [5.74, 6) is -1.41. The van der Waals surface area contributed by atoms with Gasteiger partial charge >= 0.3 is 5.97 Å². The molecule has 27 heavy (non-hydrogen) atoms. The van der Waals surface area contributed by atoms with Crippen LogP contribution in [-0.4, -0.2) is 45.3 Å². The standard InChI is InChI=1S/C19H30N4O4/c1-3-19(4-2,18(26)27)13-20-17(25)14-10-21-23(11-14)12-16(24)22-15-8-6-5-7-9-15/h10-11,15H,3-9,12-13H2,1-2H3,(H,20,25)(H,22,24)(H,26,27). The molecule has 1 heterocycles. The molecule has 0 unspecified atom stereocenters. The molecule has 0 aliphatic heterocycles. The van der Waals surface area contributed by atoms with E-state index in [9.17, 15) is 19.5 Å². The molecule has 1 saturated carbocycles. The van der Waals surface area contributed by atoms with E-state index < -0.39 is 11.4 Å². The van der Waals surface area contributed by atoms with Crippen LogP contribution < -0.4 is 10.6 Å². The van der Waals surface area contributed by atoms with Crippen LogP contribution in [0.15, 0.2) is 12.4 Å². The lowest BCUT2D eigenvalue weighted by Crippen LogP contribution is -2.42. The molecular weight excluding hydrogens is 348 g/mol. The van der Waals surface area contributed by atoms with Gasteiger partial charge in [-0.15, -0.1) is 0 Å². The average Bonchev–Trinajstić information content (AvgIpc) is 3.11. The summed E-state index contributed by atoms with van der Waals surface area (Å²) in [6.07, 6.45) is 9.30. The number of hydrogen-bond acceptors (Lipinski definition) is 4. The molecule has 3 N–H and O–H groups in total. The van der Waals surface area contributed by atoms with Crippen LogP contribution in [0.25, 0.3) is 0 Å². The minimum atomic E-state index is -0.967. The molecule has 0 spiro atoms. The van der Waals surface area contributed by atoms with Crippen molar-refractivity contribution in [3.05, 3.63) is 18.0 Å². The molecule has 2 amide bonds. The maximum absolute atomic E-state index is 12.3. The Morgan fingerprint density at radius 3 is 2.48 bits per heavy atom. The van der Waals surface area contributed by atoms with Gasteiger partial charge in [-0.25, -0.2) is 0 Å². The fraction of sp³-hybridized carbons (Fsp3) is 0.684. The van der Waals surface area contributed by atoms with Gasteiger partial charge in [-0.3, -0.25) is 19.1 Å². The van der Waals surface area contributed by atoms with E-state index in [1.807, 2.05) is 0 Å². The second kappa shape index (κ2) is 9.53. The van der Waals surface area contributed by atoms with E-state index in [4.69, 9.17) is 0 Å². The van der Waals surface area contributed by atoms with Crippen molar-refractivity contribution in [1.29, 1.82) is 0 Å². The summed E-state index contributed by atoms with van der Waals surface area (Å²) >= 11 is 0. The highest BCUT2D eigenvalue weighted by molar-refractivity contribution is 5.94. The summed E-state index contributed by atoms with van der Waals surface area (Å²) in [4.78, 5) is 35.9. The number of aromatic nitrogens is 2. The summed E-state index contributed by atoms with van der Waals surface area (Å²) in [5, 5.41) is 19.2. The molecule has 2 rings (SSSR count). The SMILES string of the molecule is CCC(CC)(CNC(=O)c1cnn(CC(=O)NC2CCCCC2)c1)C(=O)O. The molecule has 0 radical (unpaired) electrons. The quantitative estimate of drug-likeness (QED) is 0.608. The topological polar surface area (TPSA) is 113 Å². The molecule has 0 saturated heterocycles. The van der Waals surface area contributed by atoms with E-state index in [0.717, 1.165) is 25.7 Å². The van der Waals surface area contributed by atoms with Crippen molar-refractivity contribution in [2.45, 2.75) is 71.4 Å². The summed E-state index contributed by atoms with van der Waals surface area (Å²) in [6, 6.07) is 0.233. The Labute approximate surface area is 159 Å². The fourth-order valence-electron chi connectivity index (χ4n) is 3.46. The first-order valence-electron chi connectivity index (χ1n) is 9.73. The summed E-state index contributed by atoms with van der Waals surface area (Å²) in [7, 11) is 0. The number of carbonyl (C=O) groups is 3. The highest BCUT2D eigenvalue weighted by atomic mass is 16.4. The third-order valence-corrected chi connectivity index (χ3v) is 5.57. The lowest BCUT2D eigenvalue weighted by Gasteiger charge is -2.26. The zero-order valence-corrected chi connectivity index (χ0v) is 16.2. The second-order valence-electron chi connectivity index (χ2n) is 7.30. The van der Waals surface area contributed by atoms with Crippen LogP contribution in [0, 0.1) is 5.41 Å². The first kappa shape index (κ1) is 20.9. The lowest BCUT2D eigenvalue weighted by atomic mass is 9.82. The number of hydrogen-bond donors (Lipinski definition) is 3. The molecule has 1 aromatic rings. The Balaban J connectivity index is 1.87. The number of carboxylic acids is 1. The van der Waals surface area contributed by atoms with Crippen molar-refractivity contribution < 1.29 is 19.5 Å². The van der Waals surface area contributed by atoms with Gasteiger partial charge in [-0.05, 0) is 25.7 Å². The van der Waals surface area contributed by atoms with Crippen molar-refractivity contribution in [1.82, 2.24) is 20.4 Å². The molecule has 0 atom stereocenters. The Kier molecular flexibility index (Phi) is 7.38. The molecule has 0 bridgehead atoms. The first-order chi connectivity index (χ1) is 12.9. The largest absolute Gasteiger partial charge is 0.481 e. The van der Waals surface area contributed by atoms with Gasteiger partial charge in [0.1, 0.15) is 6.54 Å². The Hall–Kier alpha value is -2.38. The van der Waals surface area contributed by atoms with Gasteiger partial charge in [0, 0.05) is 18.8 Å². The van der Waals surface area contributed by atoms with E-state index in [0.29, 0.717) is 18.4 Å².